The number of carbonyl (C=O) groups is 2. The lowest BCUT2D eigenvalue weighted by molar-refractivity contribution is -0.144. The molecule has 126 valence electrons. The van der Waals surface area contributed by atoms with Crippen molar-refractivity contribution in [2.24, 2.45) is 5.92 Å². The first-order valence-electron chi connectivity index (χ1n) is 8.14. The van der Waals surface area contributed by atoms with E-state index in [1.54, 1.807) is 19.0 Å². The molecule has 2 unspecified atom stereocenters. The number of amides is 2. The van der Waals surface area contributed by atoms with Crippen LogP contribution in [0.1, 0.15) is 31.4 Å². The van der Waals surface area contributed by atoms with Crippen LogP contribution in [-0.4, -0.2) is 55.5 Å². The first kappa shape index (κ1) is 17.5. The maximum atomic E-state index is 12.5. The molecule has 1 aromatic rings. The number of hydrogen-bond donors (Lipinski definition) is 0. The van der Waals surface area contributed by atoms with Crippen molar-refractivity contribution in [3.8, 4) is 0 Å². The minimum Gasteiger partial charge on any atom is -0.381 e. The number of benzene rings is 1. The second-order valence-electron chi connectivity index (χ2n) is 6.20. The van der Waals surface area contributed by atoms with E-state index >= 15 is 0 Å². The number of hydrogen-bond acceptors (Lipinski definition) is 3. The summed E-state index contributed by atoms with van der Waals surface area (Å²) < 4.78 is 5.36. The van der Waals surface area contributed by atoms with Crippen LogP contribution >= 0.6 is 0 Å². The molecule has 0 saturated carbocycles. The van der Waals surface area contributed by atoms with Crippen molar-refractivity contribution in [2.75, 3.05) is 33.9 Å². The minimum absolute atomic E-state index is 0.00110. The Morgan fingerprint density at radius 1 is 1.26 bits per heavy atom. The fraction of sp³-hybridized carbons (Fsp3) is 0.556. The maximum absolute atomic E-state index is 12.5. The highest BCUT2D eigenvalue weighted by Gasteiger charge is 2.27. The van der Waals surface area contributed by atoms with E-state index in [0.717, 1.165) is 25.0 Å². The van der Waals surface area contributed by atoms with E-state index in [0.29, 0.717) is 6.61 Å². The summed E-state index contributed by atoms with van der Waals surface area (Å²) in [5.41, 5.74) is 1.08. The van der Waals surface area contributed by atoms with Crippen molar-refractivity contribution < 1.29 is 14.3 Å². The molecule has 0 bridgehead atoms. The van der Waals surface area contributed by atoms with Crippen LogP contribution in [0.5, 0.6) is 0 Å². The van der Waals surface area contributed by atoms with Crippen LogP contribution in [0.3, 0.4) is 0 Å². The predicted octanol–water partition coefficient (Wildman–Crippen LogP) is 2.09. The molecule has 2 rings (SSSR count). The second-order valence-corrected chi connectivity index (χ2v) is 6.20. The van der Waals surface area contributed by atoms with E-state index in [2.05, 4.69) is 0 Å². The molecule has 2 amide bonds. The van der Waals surface area contributed by atoms with Gasteiger partial charge >= 0.3 is 0 Å². The van der Waals surface area contributed by atoms with Gasteiger partial charge in [-0.3, -0.25) is 9.59 Å². The number of ether oxygens (including phenoxy) is 1. The van der Waals surface area contributed by atoms with Gasteiger partial charge in [-0.25, -0.2) is 0 Å². The third-order valence-corrected chi connectivity index (χ3v) is 4.51. The highest BCUT2D eigenvalue weighted by atomic mass is 16.5. The topological polar surface area (TPSA) is 49.9 Å². The Kier molecular flexibility index (Phi) is 6.16. The molecule has 1 aliphatic heterocycles. The van der Waals surface area contributed by atoms with E-state index in [4.69, 9.17) is 4.74 Å². The van der Waals surface area contributed by atoms with Gasteiger partial charge in [-0.1, -0.05) is 30.3 Å². The fourth-order valence-electron chi connectivity index (χ4n) is 2.81. The first-order valence-corrected chi connectivity index (χ1v) is 8.14. The number of carbonyl (C=O) groups excluding carboxylic acids is 2. The molecular formula is C18H26N2O3. The van der Waals surface area contributed by atoms with Gasteiger partial charge in [0, 0.05) is 20.7 Å². The molecule has 1 fully saturated rings. The molecular weight excluding hydrogens is 292 g/mol. The average Bonchev–Trinajstić information content (AvgIpc) is 2.61. The van der Waals surface area contributed by atoms with Crippen LogP contribution in [0.25, 0.3) is 0 Å². The molecule has 0 aromatic heterocycles. The quantitative estimate of drug-likeness (QED) is 0.835. The van der Waals surface area contributed by atoms with Crippen molar-refractivity contribution in [3.05, 3.63) is 35.9 Å². The Labute approximate surface area is 138 Å². The lowest BCUT2D eigenvalue weighted by atomic mass is 10.0. The van der Waals surface area contributed by atoms with Crippen molar-refractivity contribution in [3.63, 3.8) is 0 Å². The lowest BCUT2D eigenvalue weighted by Crippen LogP contribution is -2.43. The SMILES string of the molecule is CC(c1ccccc1)N(C)C(=O)CN(C)C(=O)C1CCCOC1. The van der Waals surface area contributed by atoms with E-state index < -0.39 is 0 Å². The van der Waals surface area contributed by atoms with Crippen molar-refractivity contribution in [1.82, 2.24) is 9.80 Å². The number of rotatable bonds is 5. The minimum atomic E-state index is -0.113. The molecule has 23 heavy (non-hydrogen) atoms. The van der Waals surface area contributed by atoms with E-state index in [-0.39, 0.29) is 30.3 Å². The van der Waals surface area contributed by atoms with Crippen LogP contribution < -0.4 is 0 Å². The molecule has 0 N–H and O–H groups in total. The van der Waals surface area contributed by atoms with Crippen LogP contribution in [0, 0.1) is 5.92 Å². The fourth-order valence-corrected chi connectivity index (χ4v) is 2.81. The maximum Gasteiger partial charge on any atom is 0.242 e. The van der Waals surface area contributed by atoms with Crippen LogP contribution in [0.2, 0.25) is 0 Å². The zero-order valence-electron chi connectivity index (χ0n) is 14.2. The van der Waals surface area contributed by atoms with Crippen LogP contribution in [0.15, 0.2) is 30.3 Å². The molecule has 0 aliphatic carbocycles. The second kappa shape index (κ2) is 8.11. The van der Waals surface area contributed by atoms with Crippen molar-refractivity contribution >= 4 is 11.8 Å². The van der Waals surface area contributed by atoms with Gasteiger partial charge in [-0.2, -0.15) is 0 Å². The zero-order chi connectivity index (χ0) is 16.8. The highest BCUT2D eigenvalue weighted by Crippen LogP contribution is 2.19. The zero-order valence-corrected chi connectivity index (χ0v) is 14.2. The van der Waals surface area contributed by atoms with E-state index in [1.807, 2.05) is 37.3 Å². The number of nitrogens with zero attached hydrogens (tertiary/aromatic N) is 2. The van der Waals surface area contributed by atoms with Gasteiger partial charge < -0.3 is 14.5 Å². The largest absolute Gasteiger partial charge is 0.381 e. The van der Waals surface area contributed by atoms with Crippen molar-refractivity contribution in [2.45, 2.75) is 25.8 Å². The molecule has 1 aliphatic rings. The predicted molar refractivity (Wildman–Crippen MR) is 88.8 cm³/mol. The Hall–Kier alpha value is -1.88. The van der Waals surface area contributed by atoms with Crippen LogP contribution in [-0.2, 0) is 14.3 Å². The summed E-state index contributed by atoms with van der Waals surface area (Å²) in [7, 11) is 3.47. The monoisotopic (exact) mass is 318 g/mol. The Balaban J connectivity index is 1.90. The van der Waals surface area contributed by atoms with Gasteiger partial charge in [0.25, 0.3) is 0 Å². The standard InChI is InChI=1S/C18H26N2O3/c1-14(15-8-5-4-6-9-15)20(3)17(21)12-19(2)18(22)16-10-7-11-23-13-16/h4-6,8-9,14,16H,7,10-13H2,1-3H3. The number of likely N-dealkylation sites (N-methyl/N-ethyl adjacent to an activating group) is 2. The molecule has 0 radical (unpaired) electrons. The summed E-state index contributed by atoms with van der Waals surface area (Å²) in [6.45, 7) is 3.28. The molecule has 0 spiro atoms. The summed E-state index contributed by atoms with van der Waals surface area (Å²) in [4.78, 5) is 28.0. The summed E-state index contributed by atoms with van der Waals surface area (Å²) in [5.74, 6) is -0.175. The van der Waals surface area contributed by atoms with Gasteiger partial charge in [0.15, 0.2) is 0 Å². The lowest BCUT2D eigenvalue weighted by Gasteiger charge is -2.30. The normalized spacial score (nSPS) is 19.0. The Bertz CT molecular complexity index is 526. The van der Waals surface area contributed by atoms with E-state index in [9.17, 15) is 9.59 Å². The molecule has 1 saturated heterocycles. The summed E-state index contributed by atoms with van der Waals surface area (Å²) in [6.07, 6.45) is 1.75. The summed E-state index contributed by atoms with van der Waals surface area (Å²) in [6, 6.07) is 9.86. The molecule has 5 nitrogen and oxygen atoms in total. The molecule has 1 heterocycles. The van der Waals surface area contributed by atoms with E-state index in [1.165, 1.54) is 4.90 Å². The third-order valence-electron chi connectivity index (χ3n) is 4.51. The van der Waals surface area contributed by atoms with Gasteiger partial charge in [0.1, 0.15) is 0 Å². The van der Waals surface area contributed by atoms with Gasteiger partial charge in [0.05, 0.1) is 25.1 Å². The molecule has 5 heteroatoms. The summed E-state index contributed by atoms with van der Waals surface area (Å²) >= 11 is 0. The van der Waals surface area contributed by atoms with Gasteiger partial charge in [-0.15, -0.1) is 0 Å². The Morgan fingerprint density at radius 2 is 1.96 bits per heavy atom. The van der Waals surface area contributed by atoms with Gasteiger partial charge in [-0.05, 0) is 25.3 Å². The average molecular weight is 318 g/mol. The van der Waals surface area contributed by atoms with Gasteiger partial charge in [0.2, 0.25) is 11.8 Å². The molecule has 1 aromatic carbocycles. The Morgan fingerprint density at radius 3 is 2.57 bits per heavy atom. The van der Waals surface area contributed by atoms with Crippen molar-refractivity contribution in [1.29, 1.82) is 0 Å². The summed E-state index contributed by atoms with van der Waals surface area (Å²) in [5, 5.41) is 0. The first-order chi connectivity index (χ1) is 11.0. The smallest absolute Gasteiger partial charge is 0.242 e. The third kappa shape index (κ3) is 4.55. The van der Waals surface area contributed by atoms with Crippen LogP contribution in [0.4, 0.5) is 0 Å². The highest BCUT2D eigenvalue weighted by molar-refractivity contribution is 5.86. The molecule has 2 atom stereocenters.